The Morgan fingerprint density at radius 3 is 2.69 bits per heavy atom. The van der Waals surface area contributed by atoms with E-state index < -0.39 is 14.0 Å². The predicted molar refractivity (Wildman–Crippen MR) is 69.3 cm³/mol. The number of hydrogen-bond donors (Lipinski definition) is 2. The van der Waals surface area contributed by atoms with Crippen LogP contribution in [0.3, 0.4) is 0 Å². The minimum absolute atomic E-state index is 0.188. The highest BCUT2D eigenvalue weighted by atomic mass is 32.1. The van der Waals surface area contributed by atoms with Crippen LogP contribution in [0.1, 0.15) is 9.67 Å². The Morgan fingerprint density at radius 2 is 2.19 bits per heavy atom. The monoisotopic (exact) mass is 259 g/mol. The fourth-order valence-electron chi connectivity index (χ4n) is 1.12. The van der Waals surface area contributed by atoms with Crippen molar-refractivity contribution in [2.45, 2.75) is 25.7 Å². The number of thiophene rings is 1. The number of hydrogen-bond acceptors (Lipinski definition) is 4. The average molecular weight is 259 g/mol. The lowest BCUT2D eigenvalue weighted by molar-refractivity contribution is 0.0698. The highest BCUT2D eigenvalue weighted by Gasteiger charge is 2.19. The lowest BCUT2D eigenvalue weighted by atomic mass is 10.4. The number of carboxylic acid groups (broad SMARTS) is 1. The van der Waals surface area contributed by atoms with E-state index in [1.165, 1.54) is 0 Å². The molecule has 16 heavy (non-hydrogen) atoms. The maximum absolute atomic E-state index is 10.9. The third-order valence-electron chi connectivity index (χ3n) is 2.06. The molecule has 0 aliphatic rings. The molecule has 1 heterocycles. The minimum atomic E-state index is -1.16. The zero-order valence-electron chi connectivity index (χ0n) is 9.74. The number of nitrogen functional groups attached to an aromatic ring is 1. The van der Waals surface area contributed by atoms with Crippen LogP contribution in [0.4, 0.5) is 5.69 Å². The lowest BCUT2D eigenvalue weighted by Crippen LogP contribution is -2.22. The Labute approximate surface area is 100 Å². The molecule has 4 nitrogen and oxygen atoms in total. The number of ether oxygens (including phenoxy) is 1. The van der Waals surface area contributed by atoms with E-state index >= 15 is 0 Å². The number of nitrogens with two attached hydrogens (primary N) is 1. The Morgan fingerprint density at radius 1 is 1.56 bits per heavy atom. The zero-order valence-corrected chi connectivity index (χ0v) is 11.6. The maximum Gasteiger partial charge on any atom is 0.349 e. The first kappa shape index (κ1) is 13.1. The van der Waals surface area contributed by atoms with Crippen LogP contribution in [0.15, 0.2) is 5.38 Å². The summed E-state index contributed by atoms with van der Waals surface area (Å²) in [7, 11) is -1.16. The fourth-order valence-corrected chi connectivity index (χ4v) is 2.57. The molecule has 0 spiro atoms. The third-order valence-corrected chi connectivity index (χ3v) is 4.74. The molecule has 0 fully saturated rings. The quantitative estimate of drug-likeness (QED) is 0.797. The summed E-state index contributed by atoms with van der Waals surface area (Å²) in [4.78, 5) is 11.1. The second-order valence-electron chi connectivity index (χ2n) is 4.81. The molecule has 6 heteroatoms. The van der Waals surface area contributed by atoms with Crippen LogP contribution in [-0.4, -0.2) is 25.8 Å². The van der Waals surface area contributed by atoms with E-state index in [4.69, 9.17) is 15.6 Å². The molecule has 0 aliphatic carbocycles. The van der Waals surface area contributed by atoms with Gasteiger partial charge in [0, 0.05) is 13.5 Å². The molecule has 1 aromatic rings. The van der Waals surface area contributed by atoms with Gasteiger partial charge in [-0.25, -0.2) is 4.79 Å². The van der Waals surface area contributed by atoms with Crippen LogP contribution in [0.5, 0.6) is 5.75 Å². The van der Waals surface area contributed by atoms with Crippen LogP contribution >= 0.6 is 11.3 Å². The summed E-state index contributed by atoms with van der Waals surface area (Å²) in [6, 6.07) is 0.987. The van der Waals surface area contributed by atoms with Crippen LogP contribution in [0, 0.1) is 0 Å². The normalized spacial score (nSPS) is 11.4. The Bertz CT molecular complexity index is 384. The zero-order chi connectivity index (χ0) is 12.3. The van der Waals surface area contributed by atoms with Crippen molar-refractivity contribution in [1.29, 1.82) is 0 Å². The summed E-state index contributed by atoms with van der Waals surface area (Å²) < 4.78 is 5.48. The highest BCUT2D eigenvalue weighted by molar-refractivity contribution is 7.12. The molecule has 3 N–H and O–H groups in total. The van der Waals surface area contributed by atoms with Gasteiger partial charge in [-0.2, -0.15) is 0 Å². The summed E-state index contributed by atoms with van der Waals surface area (Å²) in [5, 5.41) is 10.5. The van der Waals surface area contributed by atoms with E-state index in [1.54, 1.807) is 5.38 Å². The van der Waals surface area contributed by atoms with E-state index in [0.29, 0.717) is 18.0 Å². The van der Waals surface area contributed by atoms with Gasteiger partial charge < -0.3 is 15.6 Å². The van der Waals surface area contributed by atoms with E-state index in [0.717, 1.165) is 17.4 Å². The van der Waals surface area contributed by atoms with Gasteiger partial charge in [0.15, 0.2) is 10.6 Å². The number of carboxylic acids is 1. The topological polar surface area (TPSA) is 72.5 Å². The van der Waals surface area contributed by atoms with E-state index in [2.05, 4.69) is 19.6 Å². The highest BCUT2D eigenvalue weighted by Crippen LogP contribution is 2.33. The number of rotatable bonds is 5. The Balaban J connectivity index is 2.66. The molecule has 0 aliphatic heterocycles. The minimum Gasteiger partial charge on any atom is -0.490 e. The average Bonchev–Trinajstić information content (AvgIpc) is 2.46. The van der Waals surface area contributed by atoms with Crippen molar-refractivity contribution in [3.8, 4) is 5.75 Å². The van der Waals surface area contributed by atoms with Crippen LogP contribution in [0.2, 0.25) is 25.7 Å². The molecular formula is C10H17NO3SSi. The van der Waals surface area contributed by atoms with E-state index in [9.17, 15) is 4.79 Å². The summed E-state index contributed by atoms with van der Waals surface area (Å²) >= 11 is 1.10. The van der Waals surface area contributed by atoms with Crippen molar-refractivity contribution < 1.29 is 14.6 Å². The smallest absolute Gasteiger partial charge is 0.349 e. The molecule has 0 amide bonds. The van der Waals surface area contributed by atoms with Gasteiger partial charge in [-0.15, -0.1) is 11.3 Å². The van der Waals surface area contributed by atoms with Crippen molar-refractivity contribution in [2.24, 2.45) is 0 Å². The first-order chi connectivity index (χ1) is 7.31. The molecule has 0 saturated carbocycles. The molecule has 0 unspecified atom stereocenters. The van der Waals surface area contributed by atoms with Gasteiger partial charge in [0.25, 0.3) is 0 Å². The molecule has 90 valence electrons. The van der Waals surface area contributed by atoms with Gasteiger partial charge in [-0.3, -0.25) is 0 Å². The molecule has 0 aromatic carbocycles. The predicted octanol–water partition coefficient (Wildman–Crippen LogP) is 2.75. The largest absolute Gasteiger partial charge is 0.490 e. The van der Waals surface area contributed by atoms with Gasteiger partial charge in [-0.1, -0.05) is 19.6 Å². The van der Waals surface area contributed by atoms with Gasteiger partial charge >= 0.3 is 5.97 Å². The summed E-state index contributed by atoms with van der Waals surface area (Å²) in [6.07, 6.45) is 0. The van der Waals surface area contributed by atoms with Gasteiger partial charge in [0.2, 0.25) is 0 Å². The van der Waals surface area contributed by atoms with E-state index in [-0.39, 0.29) is 4.88 Å². The number of aromatic carboxylic acids is 1. The van der Waals surface area contributed by atoms with Crippen LogP contribution in [-0.2, 0) is 0 Å². The van der Waals surface area contributed by atoms with Gasteiger partial charge in [0.1, 0.15) is 0 Å². The summed E-state index contributed by atoms with van der Waals surface area (Å²) in [5.41, 5.74) is 6.08. The first-order valence-electron chi connectivity index (χ1n) is 5.04. The second-order valence-corrected chi connectivity index (χ2v) is 11.3. The summed E-state index contributed by atoms with van der Waals surface area (Å²) in [6.45, 7) is 7.26. The van der Waals surface area contributed by atoms with Crippen LogP contribution in [0.25, 0.3) is 0 Å². The number of anilines is 1. The van der Waals surface area contributed by atoms with Gasteiger partial charge in [-0.05, 0) is 6.04 Å². The van der Waals surface area contributed by atoms with Crippen molar-refractivity contribution in [3.05, 3.63) is 10.3 Å². The summed E-state index contributed by atoms with van der Waals surface area (Å²) in [5.74, 6) is -0.652. The van der Waals surface area contributed by atoms with Gasteiger partial charge in [0.05, 0.1) is 12.3 Å². The SMILES string of the molecule is C[Si](C)(C)CCOc1c(N)csc1C(=O)O. The molecule has 1 aromatic heterocycles. The third kappa shape index (κ3) is 3.53. The molecule has 0 atom stereocenters. The van der Waals surface area contributed by atoms with Crippen LogP contribution < -0.4 is 10.5 Å². The first-order valence-corrected chi connectivity index (χ1v) is 9.63. The Hall–Kier alpha value is -1.01. The van der Waals surface area contributed by atoms with Crippen molar-refractivity contribution in [1.82, 2.24) is 0 Å². The van der Waals surface area contributed by atoms with E-state index in [1.807, 2.05) is 0 Å². The maximum atomic E-state index is 10.9. The lowest BCUT2D eigenvalue weighted by Gasteiger charge is -2.16. The van der Waals surface area contributed by atoms with Crippen molar-refractivity contribution in [2.75, 3.05) is 12.3 Å². The molecule has 0 radical (unpaired) electrons. The molecule has 1 rings (SSSR count). The van der Waals surface area contributed by atoms with Crippen molar-refractivity contribution >= 4 is 31.1 Å². The number of carbonyl (C=O) groups is 1. The standard InChI is InChI=1S/C10H17NO3SSi/c1-16(2,3)5-4-14-8-7(11)6-15-9(8)10(12)13/h6H,4-5,11H2,1-3H3,(H,12,13). The molecule has 0 bridgehead atoms. The molecule has 0 saturated heterocycles. The molecular weight excluding hydrogens is 242 g/mol. The second kappa shape index (κ2) is 4.88. The fraction of sp³-hybridized carbons (Fsp3) is 0.500. The van der Waals surface area contributed by atoms with Crippen molar-refractivity contribution in [3.63, 3.8) is 0 Å². The Kier molecular flexibility index (Phi) is 3.98.